The average molecular weight is 300 g/mol. The Kier molecular flexibility index (Phi) is 5.80. The van der Waals surface area contributed by atoms with Crippen molar-refractivity contribution < 1.29 is 14.6 Å². The van der Waals surface area contributed by atoms with E-state index in [0.717, 1.165) is 22.6 Å². The Morgan fingerprint density at radius 1 is 1.18 bits per heavy atom. The van der Waals surface area contributed by atoms with Crippen molar-refractivity contribution >= 4 is 11.6 Å². The van der Waals surface area contributed by atoms with E-state index in [4.69, 9.17) is 9.84 Å². The fourth-order valence-electron chi connectivity index (χ4n) is 2.07. The highest BCUT2D eigenvalue weighted by molar-refractivity contribution is 5.80. The van der Waals surface area contributed by atoms with Gasteiger partial charge in [-0.2, -0.15) is 0 Å². The van der Waals surface area contributed by atoms with Crippen LogP contribution in [0, 0.1) is 0 Å². The van der Waals surface area contributed by atoms with Gasteiger partial charge in [-0.25, -0.2) is 0 Å². The molecule has 3 N–H and O–H groups in total. The molecule has 0 saturated carbocycles. The first kappa shape index (κ1) is 15.9. The molecule has 0 atom stereocenters. The molecule has 116 valence electrons. The highest BCUT2D eigenvalue weighted by atomic mass is 16.5. The molecule has 0 spiro atoms. The van der Waals surface area contributed by atoms with Crippen molar-refractivity contribution in [2.75, 3.05) is 19.0 Å². The third-order valence-corrected chi connectivity index (χ3v) is 3.23. The molecule has 0 heterocycles. The molecule has 0 unspecified atom stereocenters. The zero-order valence-corrected chi connectivity index (χ0v) is 12.5. The number of carbonyl (C=O) groups excluding carboxylic acids is 1. The fraction of sp³-hybridized carbons (Fsp3) is 0.235. The van der Waals surface area contributed by atoms with Crippen LogP contribution in [-0.2, 0) is 17.9 Å². The van der Waals surface area contributed by atoms with Crippen LogP contribution in [0.2, 0.25) is 0 Å². The molecule has 2 rings (SSSR count). The van der Waals surface area contributed by atoms with E-state index in [2.05, 4.69) is 10.6 Å². The number of aliphatic hydroxyl groups is 1. The number of hydrogen-bond acceptors (Lipinski definition) is 4. The molecule has 2 aromatic carbocycles. The minimum Gasteiger partial charge on any atom is -0.496 e. The summed E-state index contributed by atoms with van der Waals surface area (Å²) in [5, 5.41) is 15.0. The normalized spacial score (nSPS) is 10.1. The lowest BCUT2D eigenvalue weighted by molar-refractivity contribution is -0.119. The summed E-state index contributed by atoms with van der Waals surface area (Å²) in [6.07, 6.45) is 0. The number of methoxy groups -OCH3 is 1. The van der Waals surface area contributed by atoms with Gasteiger partial charge in [0.25, 0.3) is 0 Å². The van der Waals surface area contributed by atoms with Gasteiger partial charge in [-0.05, 0) is 23.8 Å². The summed E-state index contributed by atoms with van der Waals surface area (Å²) in [4.78, 5) is 11.9. The lowest BCUT2D eigenvalue weighted by Gasteiger charge is -2.11. The first-order chi connectivity index (χ1) is 10.7. The molecule has 0 saturated heterocycles. The van der Waals surface area contributed by atoms with Crippen LogP contribution in [0.25, 0.3) is 0 Å². The lowest BCUT2D eigenvalue weighted by atomic mass is 10.2. The molecule has 0 radical (unpaired) electrons. The number of carbonyl (C=O) groups is 1. The van der Waals surface area contributed by atoms with Crippen molar-refractivity contribution in [2.45, 2.75) is 13.2 Å². The second-order valence-corrected chi connectivity index (χ2v) is 4.80. The second kappa shape index (κ2) is 8.05. The maximum atomic E-state index is 11.9. The number of ether oxygens (including phenoxy) is 1. The number of benzene rings is 2. The fourth-order valence-corrected chi connectivity index (χ4v) is 2.07. The summed E-state index contributed by atoms with van der Waals surface area (Å²) in [5.74, 6) is 0.645. The van der Waals surface area contributed by atoms with Crippen molar-refractivity contribution in [1.82, 2.24) is 5.32 Å². The van der Waals surface area contributed by atoms with E-state index >= 15 is 0 Å². The number of para-hydroxylation sites is 1. The summed E-state index contributed by atoms with van der Waals surface area (Å²) >= 11 is 0. The molecule has 0 aromatic heterocycles. The van der Waals surface area contributed by atoms with Gasteiger partial charge in [0, 0.05) is 17.8 Å². The molecule has 1 amide bonds. The van der Waals surface area contributed by atoms with Gasteiger partial charge in [0.05, 0.1) is 20.3 Å². The smallest absolute Gasteiger partial charge is 0.239 e. The van der Waals surface area contributed by atoms with Crippen molar-refractivity contribution in [3.05, 3.63) is 59.7 Å². The lowest BCUT2D eigenvalue weighted by Crippen LogP contribution is -2.29. The maximum Gasteiger partial charge on any atom is 0.239 e. The van der Waals surface area contributed by atoms with Crippen molar-refractivity contribution in [3.63, 3.8) is 0 Å². The number of rotatable bonds is 7. The average Bonchev–Trinajstić information content (AvgIpc) is 2.58. The van der Waals surface area contributed by atoms with Gasteiger partial charge in [0.15, 0.2) is 0 Å². The van der Waals surface area contributed by atoms with Crippen molar-refractivity contribution in [3.8, 4) is 5.75 Å². The Bertz CT molecular complexity index is 629. The van der Waals surface area contributed by atoms with Crippen LogP contribution in [0.15, 0.2) is 48.5 Å². The monoisotopic (exact) mass is 300 g/mol. The second-order valence-electron chi connectivity index (χ2n) is 4.80. The number of amides is 1. The van der Waals surface area contributed by atoms with Crippen LogP contribution in [0.4, 0.5) is 5.69 Å². The zero-order valence-electron chi connectivity index (χ0n) is 12.5. The van der Waals surface area contributed by atoms with E-state index in [1.165, 1.54) is 0 Å². The van der Waals surface area contributed by atoms with Gasteiger partial charge >= 0.3 is 0 Å². The van der Waals surface area contributed by atoms with Crippen LogP contribution < -0.4 is 15.4 Å². The van der Waals surface area contributed by atoms with Crippen LogP contribution in [-0.4, -0.2) is 24.7 Å². The van der Waals surface area contributed by atoms with E-state index in [1.807, 2.05) is 48.5 Å². The van der Waals surface area contributed by atoms with E-state index in [-0.39, 0.29) is 19.1 Å². The number of nitrogens with one attached hydrogen (secondary N) is 2. The highest BCUT2D eigenvalue weighted by Gasteiger charge is 2.05. The Labute approximate surface area is 129 Å². The van der Waals surface area contributed by atoms with Crippen LogP contribution in [0.1, 0.15) is 11.1 Å². The summed E-state index contributed by atoms with van der Waals surface area (Å²) < 4.78 is 5.24. The summed E-state index contributed by atoms with van der Waals surface area (Å²) in [7, 11) is 1.61. The Balaban J connectivity index is 1.83. The number of hydrogen-bond donors (Lipinski definition) is 3. The molecular formula is C17H20N2O3. The molecule has 0 aliphatic rings. The van der Waals surface area contributed by atoms with Gasteiger partial charge < -0.3 is 20.5 Å². The van der Waals surface area contributed by atoms with E-state index in [0.29, 0.717) is 6.54 Å². The first-order valence-electron chi connectivity index (χ1n) is 7.05. The third kappa shape index (κ3) is 4.49. The molecule has 5 nitrogen and oxygen atoms in total. The predicted molar refractivity (Wildman–Crippen MR) is 85.7 cm³/mol. The standard InChI is InChI=1S/C17H20N2O3/c1-22-16-8-3-2-6-14(16)10-19-17(21)11-18-15-7-4-5-13(9-15)12-20/h2-9,18,20H,10-12H2,1H3,(H,19,21). The topological polar surface area (TPSA) is 70.6 Å². The van der Waals surface area contributed by atoms with Crippen LogP contribution >= 0.6 is 0 Å². The highest BCUT2D eigenvalue weighted by Crippen LogP contribution is 2.16. The Hall–Kier alpha value is -2.53. The minimum absolute atomic E-state index is 0.0183. The van der Waals surface area contributed by atoms with E-state index < -0.39 is 0 Å². The molecule has 0 aliphatic heterocycles. The van der Waals surface area contributed by atoms with Crippen molar-refractivity contribution in [1.29, 1.82) is 0 Å². The SMILES string of the molecule is COc1ccccc1CNC(=O)CNc1cccc(CO)c1. The molecule has 5 heteroatoms. The quantitative estimate of drug-likeness (QED) is 0.730. The Morgan fingerprint density at radius 3 is 2.77 bits per heavy atom. The van der Waals surface area contributed by atoms with Gasteiger partial charge in [0.1, 0.15) is 5.75 Å². The van der Waals surface area contributed by atoms with Crippen LogP contribution in [0.3, 0.4) is 0 Å². The Morgan fingerprint density at radius 2 is 2.00 bits per heavy atom. The number of anilines is 1. The molecular weight excluding hydrogens is 280 g/mol. The molecule has 0 bridgehead atoms. The third-order valence-electron chi connectivity index (χ3n) is 3.23. The summed E-state index contributed by atoms with van der Waals surface area (Å²) in [6, 6.07) is 14.9. The predicted octanol–water partition coefficient (Wildman–Crippen LogP) is 1.92. The molecule has 2 aromatic rings. The molecule has 0 fully saturated rings. The largest absolute Gasteiger partial charge is 0.496 e. The van der Waals surface area contributed by atoms with Gasteiger partial charge in [0.2, 0.25) is 5.91 Å². The number of aliphatic hydroxyl groups excluding tert-OH is 1. The molecule has 22 heavy (non-hydrogen) atoms. The molecule has 0 aliphatic carbocycles. The van der Waals surface area contributed by atoms with Crippen molar-refractivity contribution in [2.24, 2.45) is 0 Å². The van der Waals surface area contributed by atoms with Gasteiger partial charge in [-0.15, -0.1) is 0 Å². The van der Waals surface area contributed by atoms with Gasteiger partial charge in [-0.3, -0.25) is 4.79 Å². The van der Waals surface area contributed by atoms with E-state index in [9.17, 15) is 4.79 Å². The van der Waals surface area contributed by atoms with E-state index in [1.54, 1.807) is 7.11 Å². The minimum atomic E-state index is -0.111. The maximum absolute atomic E-state index is 11.9. The zero-order chi connectivity index (χ0) is 15.8. The van der Waals surface area contributed by atoms with Gasteiger partial charge in [-0.1, -0.05) is 30.3 Å². The first-order valence-corrected chi connectivity index (χ1v) is 7.05. The van der Waals surface area contributed by atoms with Crippen LogP contribution in [0.5, 0.6) is 5.75 Å². The summed E-state index contributed by atoms with van der Waals surface area (Å²) in [6.45, 7) is 0.570. The summed E-state index contributed by atoms with van der Waals surface area (Å²) in [5.41, 5.74) is 2.54.